The lowest BCUT2D eigenvalue weighted by molar-refractivity contribution is 0.271. The summed E-state index contributed by atoms with van der Waals surface area (Å²) < 4.78 is 0. The number of rotatable bonds is 5. The molecular weight excluding hydrogens is 314 g/mol. The van der Waals surface area contributed by atoms with Crippen LogP contribution in [0.2, 0.25) is 5.02 Å². The number of halogens is 1. The van der Waals surface area contributed by atoms with Crippen LogP contribution in [0.3, 0.4) is 0 Å². The number of amidine groups is 1. The van der Waals surface area contributed by atoms with Crippen molar-refractivity contribution < 1.29 is 0 Å². The molecule has 122 valence electrons. The molecule has 1 aromatic rings. The van der Waals surface area contributed by atoms with Crippen molar-refractivity contribution in [3.63, 3.8) is 0 Å². The number of para-hydroxylation sites is 1. The normalized spacial score (nSPS) is 16.0. The van der Waals surface area contributed by atoms with Crippen molar-refractivity contribution >= 4 is 34.5 Å². The van der Waals surface area contributed by atoms with E-state index >= 15 is 0 Å². The molecule has 1 aliphatic rings. The quantitative estimate of drug-likeness (QED) is 0.432. The van der Waals surface area contributed by atoms with Gasteiger partial charge in [-0.15, -0.1) is 0 Å². The number of nitrogens with two attached hydrogens (primary N) is 1. The minimum absolute atomic E-state index is 0.160. The molecule has 7 nitrogen and oxygen atoms in total. The van der Waals surface area contributed by atoms with Gasteiger partial charge in [-0.1, -0.05) is 24.6 Å². The summed E-state index contributed by atoms with van der Waals surface area (Å²) in [4.78, 5) is 4.58. The molecule has 1 heterocycles. The first-order valence-electron chi connectivity index (χ1n) is 7.40. The van der Waals surface area contributed by atoms with Crippen molar-refractivity contribution in [3.8, 4) is 6.07 Å². The first-order chi connectivity index (χ1) is 11.1. The van der Waals surface area contributed by atoms with E-state index in [2.05, 4.69) is 27.3 Å². The Morgan fingerprint density at radius 1 is 1.43 bits per heavy atom. The number of nitrogens with zero attached hydrogens (tertiary/aromatic N) is 4. The molecule has 1 aliphatic heterocycles. The van der Waals surface area contributed by atoms with Crippen LogP contribution in [0.4, 0.5) is 11.4 Å². The van der Waals surface area contributed by atoms with Crippen LogP contribution in [0.1, 0.15) is 6.92 Å². The zero-order chi connectivity index (χ0) is 16.8. The summed E-state index contributed by atoms with van der Waals surface area (Å²) in [5.74, 6) is -0.375. The molecule has 0 aliphatic carbocycles. The molecule has 0 amide bonds. The van der Waals surface area contributed by atoms with Gasteiger partial charge < -0.3 is 15.5 Å². The van der Waals surface area contributed by atoms with E-state index in [1.54, 1.807) is 6.07 Å². The van der Waals surface area contributed by atoms with Gasteiger partial charge in [0.25, 0.3) is 0 Å². The van der Waals surface area contributed by atoms with Gasteiger partial charge in [-0.05, 0) is 18.7 Å². The second-order valence-electron chi connectivity index (χ2n) is 5.16. The largest absolute Gasteiger partial charge is 0.382 e. The summed E-state index contributed by atoms with van der Waals surface area (Å²) >= 11 is 6.37. The average Bonchev–Trinajstić information content (AvgIpc) is 2.55. The highest BCUT2D eigenvalue weighted by Crippen LogP contribution is 2.34. The molecule has 0 bridgehead atoms. The van der Waals surface area contributed by atoms with E-state index in [1.165, 1.54) is 0 Å². The Bertz CT molecular complexity index is 642. The van der Waals surface area contributed by atoms with Gasteiger partial charge in [0.15, 0.2) is 5.84 Å². The summed E-state index contributed by atoms with van der Waals surface area (Å²) in [6, 6.07) is 7.26. The Morgan fingerprint density at radius 3 is 2.70 bits per heavy atom. The Hall–Kier alpha value is -2.30. The molecule has 2 rings (SSSR count). The highest BCUT2D eigenvalue weighted by molar-refractivity contribution is 6.45. The van der Waals surface area contributed by atoms with Crippen molar-refractivity contribution in [2.75, 3.05) is 43.0 Å². The standard InChI is InChI=1S/C15H20ClN7/c1-2-22-6-8-23(9-7-22)14-11(16)4-3-5-12(14)20-21-13(10-17)15(18)19/h3-5,20H,2,6-9H2,1H3,(H3,18,19)/b21-13+. The van der Waals surface area contributed by atoms with Crippen LogP contribution < -0.4 is 16.1 Å². The Labute approximate surface area is 140 Å². The molecule has 1 aromatic carbocycles. The summed E-state index contributed by atoms with van der Waals surface area (Å²) in [6.07, 6.45) is 0. The second kappa shape index (κ2) is 7.81. The summed E-state index contributed by atoms with van der Waals surface area (Å²) in [5.41, 5.74) is 9.50. The molecule has 23 heavy (non-hydrogen) atoms. The van der Waals surface area contributed by atoms with Crippen molar-refractivity contribution in [2.45, 2.75) is 6.92 Å². The van der Waals surface area contributed by atoms with Crippen molar-refractivity contribution in [3.05, 3.63) is 23.2 Å². The van der Waals surface area contributed by atoms with E-state index in [1.807, 2.05) is 18.2 Å². The van der Waals surface area contributed by atoms with Crippen molar-refractivity contribution in [1.82, 2.24) is 4.90 Å². The van der Waals surface area contributed by atoms with E-state index in [4.69, 9.17) is 28.0 Å². The van der Waals surface area contributed by atoms with E-state index in [0.717, 1.165) is 38.4 Å². The fraction of sp³-hybridized carbons (Fsp3) is 0.400. The Morgan fingerprint density at radius 2 is 2.13 bits per heavy atom. The molecule has 0 radical (unpaired) electrons. The molecule has 1 fully saturated rings. The van der Waals surface area contributed by atoms with Crippen LogP contribution in [0.25, 0.3) is 0 Å². The average molecular weight is 334 g/mol. The maximum Gasteiger partial charge on any atom is 0.201 e. The lowest BCUT2D eigenvalue weighted by Gasteiger charge is -2.36. The number of anilines is 2. The summed E-state index contributed by atoms with van der Waals surface area (Å²) in [7, 11) is 0. The lowest BCUT2D eigenvalue weighted by atomic mass is 10.2. The predicted octanol–water partition coefficient (Wildman–Crippen LogP) is 1.71. The van der Waals surface area contributed by atoms with Gasteiger partial charge in [0, 0.05) is 26.2 Å². The molecule has 0 atom stereocenters. The van der Waals surface area contributed by atoms with Crippen LogP contribution in [0.15, 0.2) is 23.3 Å². The second-order valence-corrected chi connectivity index (χ2v) is 5.56. The molecule has 0 spiro atoms. The molecule has 4 N–H and O–H groups in total. The lowest BCUT2D eigenvalue weighted by Crippen LogP contribution is -2.46. The van der Waals surface area contributed by atoms with Gasteiger partial charge in [0.2, 0.25) is 5.71 Å². The number of nitrogens with one attached hydrogen (secondary N) is 2. The van der Waals surface area contributed by atoms with Gasteiger partial charge in [-0.2, -0.15) is 10.4 Å². The zero-order valence-corrected chi connectivity index (χ0v) is 13.8. The third kappa shape index (κ3) is 4.12. The maximum atomic E-state index is 8.92. The highest BCUT2D eigenvalue weighted by Gasteiger charge is 2.20. The molecule has 0 aromatic heterocycles. The van der Waals surface area contributed by atoms with Crippen molar-refractivity contribution in [2.24, 2.45) is 10.8 Å². The first kappa shape index (κ1) is 17.1. The summed E-state index contributed by atoms with van der Waals surface area (Å²) in [6.45, 7) is 6.87. The molecular formula is C15H20ClN7. The highest BCUT2D eigenvalue weighted by atomic mass is 35.5. The van der Waals surface area contributed by atoms with Crippen LogP contribution >= 0.6 is 11.6 Å². The molecule has 0 unspecified atom stereocenters. The van der Waals surface area contributed by atoms with Crippen LogP contribution in [-0.4, -0.2) is 49.2 Å². The maximum absolute atomic E-state index is 8.92. The fourth-order valence-electron chi connectivity index (χ4n) is 2.48. The van der Waals surface area contributed by atoms with Crippen LogP contribution in [-0.2, 0) is 0 Å². The number of nitriles is 1. The summed E-state index contributed by atoms with van der Waals surface area (Å²) in [5, 5.41) is 20.7. The van der Waals surface area contributed by atoms with Gasteiger partial charge in [-0.3, -0.25) is 10.8 Å². The van der Waals surface area contributed by atoms with Gasteiger partial charge in [0.1, 0.15) is 6.07 Å². The van der Waals surface area contributed by atoms with E-state index < -0.39 is 0 Å². The minimum Gasteiger partial charge on any atom is -0.382 e. The fourth-order valence-corrected chi connectivity index (χ4v) is 2.77. The molecule has 0 saturated carbocycles. The van der Waals surface area contributed by atoms with Crippen LogP contribution in [0, 0.1) is 16.7 Å². The number of benzene rings is 1. The van der Waals surface area contributed by atoms with E-state index in [0.29, 0.717) is 10.7 Å². The number of hydrogen-bond donors (Lipinski definition) is 3. The molecule has 1 saturated heterocycles. The van der Waals surface area contributed by atoms with Gasteiger partial charge >= 0.3 is 0 Å². The minimum atomic E-state index is -0.375. The van der Waals surface area contributed by atoms with Gasteiger partial charge in [-0.25, -0.2) is 0 Å². The monoisotopic (exact) mass is 333 g/mol. The Balaban J connectivity index is 2.24. The smallest absolute Gasteiger partial charge is 0.201 e. The first-order valence-corrected chi connectivity index (χ1v) is 7.78. The number of hydrogen-bond acceptors (Lipinski definition) is 6. The van der Waals surface area contributed by atoms with Gasteiger partial charge in [0.05, 0.1) is 16.4 Å². The molecule has 8 heteroatoms. The SMILES string of the molecule is CCN1CCN(c2c(Cl)cccc2N/N=C(\C#N)C(=N)N)CC1. The number of piperazine rings is 1. The van der Waals surface area contributed by atoms with E-state index in [9.17, 15) is 0 Å². The third-order valence-corrected chi connectivity index (χ3v) is 4.08. The topological polar surface area (TPSA) is 105 Å². The van der Waals surface area contributed by atoms with Crippen LogP contribution in [0.5, 0.6) is 0 Å². The van der Waals surface area contributed by atoms with Crippen molar-refractivity contribution in [1.29, 1.82) is 10.7 Å². The Kier molecular flexibility index (Phi) is 5.79. The number of hydrazone groups is 1. The third-order valence-electron chi connectivity index (χ3n) is 3.77. The predicted molar refractivity (Wildman–Crippen MR) is 94.4 cm³/mol. The van der Waals surface area contributed by atoms with E-state index in [-0.39, 0.29) is 11.5 Å². The number of likely N-dealkylation sites (N-methyl/N-ethyl adjacent to an activating group) is 1. The zero-order valence-electron chi connectivity index (χ0n) is 13.0.